The summed E-state index contributed by atoms with van der Waals surface area (Å²) < 4.78 is 0. The van der Waals surface area contributed by atoms with E-state index < -0.39 is 11.4 Å². The van der Waals surface area contributed by atoms with Gasteiger partial charge in [-0.15, -0.1) is 0 Å². The summed E-state index contributed by atoms with van der Waals surface area (Å²) in [5, 5.41) is 9.66. The number of aliphatic carboxylic acids is 1. The number of piperidine rings is 1. The molecule has 1 heterocycles. The fourth-order valence-electron chi connectivity index (χ4n) is 4.80. The molecular weight excluding hydrogens is 238 g/mol. The number of fused-ring (bicyclic) bond motifs is 1. The van der Waals surface area contributed by atoms with Crippen LogP contribution in [-0.2, 0) is 4.79 Å². The van der Waals surface area contributed by atoms with Crippen LogP contribution in [-0.4, -0.2) is 35.1 Å². The number of hydrogen-bond acceptors (Lipinski definition) is 2. The Morgan fingerprint density at radius 2 is 1.74 bits per heavy atom. The van der Waals surface area contributed by atoms with Crippen molar-refractivity contribution in [2.45, 2.75) is 70.3 Å². The minimum Gasteiger partial charge on any atom is -0.481 e. The van der Waals surface area contributed by atoms with Gasteiger partial charge in [0.1, 0.15) is 0 Å². The Morgan fingerprint density at radius 3 is 2.47 bits per heavy atom. The molecule has 0 bridgehead atoms. The second-order valence-electron chi connectivity index (χ2n) is 7.02. The maximum atomic E-state index is 11.7. The predicted molar refractivity (Wildman–Crippen MR) is 75.1 cm³/mol. The zero-order valence-corrected chi connectivity index (χ0v) is 11.9. The van der Waals surface area contributed by atoms with Crippen LogP contribution < -0.4 is 0 Å². The fraction of sp³-hybridized carbons (Fsp3) is 0.938. The van der Waals surface area contributed by atoms with E-state index in [0.717, 1.165) is 44.7 Å². The van der Waals surface area contributed by atoms with Gasteiger partial charge in [0.2, 0.25) is 0 Å². The molecule has 19 heavy (non-hydrogen) atoms. The molecule has 0 radical (unpaired) electrons. The van der Waals surface area contributed by atoms with E-state index in [1.807, 2.05) is 0 Å². The van der Waals surface area contributed by atoms with Crippen LogP contribution in [0.5, 0.6) is 0 Å². The maximum Gasteiger partial charge on any atom is 0.310 e. The van der Waals surface area contributed by atoms with E-state index in [1.54, 1.807) is 0 Å². The van der Waals surface area contributed by atoms with Crippen molar-refractivity contribution in [3.63, 3.8) is 0 Å². The van der Waals surface area contributed by atoms with E-state index in [2.05, 4.69) is 4.90 Å². The SMILES string of the molecule is O=C(O)C1(CN2CCCC3CCCCC32)CCCC1. The van der Waals surface area contributed by atoms with Crippen LogP contribution in [0, 0.1) is 11.3 Å². The Labute approximate surface area is 116 Å². The summed E-state index contributed by atoms with van der Waals surface area (Å²) in [7, 11) is 0. The molecule has 2 aliphatic carbocycles. The van der Waals surface area contributed by atoms with E-state index in [1.165, 1.54) is 38.5 Å². The van der Waals surface area contributed by atoms with Crippen molar-refractivity contribution >= 4 is 5.97 Å². The van der Waals surface area contributed by atoms with Gasteiger partial charge < -0.3 is 5.11 Å². The molecule has 1 N–H and O–H groups in total. The molecule has 3 fully saturated rings. The lowest BCUT2D eigenvalue weighted by atomic mass is 9.76. The van der Waals surface area contributed by atoms with Crippen molar-refractivity contribution in [3.8, 4) is 0 Å². The first-order valence-corrected chi connectivity index (χ1v) is 8.19. The first-order chi connectivity index (χ1) is 9.21. The number of nitrogens with zero attached hydrogens (tertiary/aromatic N) is 1. The second-order valence-corrected chi connectivity index (χ2v) is 7.02. The van der Waals surface area contributed by atoms with Crippen molar-refractivity contribution in [3.05, 3.63) is 0 Å². The summed E-state index contributed by atoms with van der Waals surface area (Å²) in [4.78, 5) is 14.3. The number of rotatable bonds is 3. The molecule has 0 spiro atoms. The van der Waals surface area contributed by atoms with Crippen LogP contribution in [0.1, 0.15) is 64.2 Å². The molecule has 3 heteroatoms. The van der Waals surface area contributed by atoms with Gasteiger partial charge in [0.15, 0.2) is 0 Å². The van der Waals surface area contributed by atoms with Crippen molar-refractivity contribution in [2.75, 3.05) is 13.1 Å². The minimum atomic E-state index is -0.539. The first-order valence-electron chi connectivity index (χ1n) is 8.19. The molecule has 0 aromatic rings. The van der Waals surface area contributed by atoms with Crippen molar-refractivity contribution in [2.24, 2.45) is 11.3 Å². The highest BCUT2D eigenvalue weighted by Gasteiger charge is 2.45. The van der Waals surface area contributed by atoms with Gasteiger partial charge in [-0.1, -0.05) is 25.7 Å². The zero-order chi connectivity index (χ0) is 13.3. The summed E-state index contributed by atoms with van der Waals surface area (Å²) >= 11 is 0. The van der Waals surface area contributed by atoms with E-state index >= 15 is 0 Å². The fourth-order valence-corrected chi connectivity index (χ4v) is 4.80. The molecule has 3 aliphatic rings. The number of carboxylic acid groups (broad SMARTS) is 1. The van der Waals surface area contributed by atoms with E-state index in [9.17, 15) is 9.90 Å². The lowest BCUT2D eigenvalue weighted by molar-refractivity contribution is -0.151. The normalized spacial score (nSPS) is 34.9. The Morgan fingerprint density at radius 1 is 1.05 bits per heavy atom. The van der Waals surface area contributed by atoms with Crippen molar-refractivity contribution in [1.29, 1.82) is 0 Å². The first kappa shape index (κ1) is 13.4. The summed E-state index contributed by atoms with van der Waals surface area (Å²) in [5.74, 6) is 0.317. The third kappa shape index (κ3) is 2.54. The molecular formula is C16H27NO2. The molecule has 2 unspecified atom stereocenters. The Balaban J connectivity index is 1.71. The highest BCUT2D eigenvalue weighted by atomic mass is 16.4. The zero-order valence-electron chi connectivity index (χ0n) is 11.9. The van der Waals surface area contributed by atoms with Gasteiger partial charge in [-0.25, -0.2) is 0 Å². The van der Waals surface area contributed by atoms with Gasteiger partial charge in [-0.2, -0.15) is 0 Å². The molecule has 108 valence electrons. The highest BCUT2D eigenvalue weighted by Crippen LogP contribution is 2.42. The minimum absolute atomic E-state index is 0.417. The third-order valence-corrected chi connectivity index (χ3v) is 5.88. The van der Waals surface area contributed by atoms with E-state index in [-0.39, 0.29) is 0 Å². The van der Waals surface area contributed by atoms with Gasteiger partial charge in [0.25, 0.3) is 0 Å². The van der Waals surface area contributed by atoms with Crippen LogP contribution in [0.25, 0.3) is 0 Å². The van der Waals surface area contributed by atoms with Crippen LogP contribution >= 0.6 is 0 Å². The van der Waals surface area contributed by atoms with Gasteiger partial charge in [-0.3, -0.25) is 9.69 Å². The lowest BCUT2D eigenvalue weighted by Gasteiger charge is -2.46. The Kier molecular flexibility index (Phi) is 3.84. The van der Waals surface area contributed by atoms with E-state index in [0.29, 0.717) is 6.04 Å². The van der Waals surface area contributed by atoms with Crippen LogP contribution in [0.4, 0.5) is 0 Å². The number of likely N-dealkylation sites (tertiary alicyclic amines) is 1. The molecule has 2 atom stereocenters. The van der Waals surface area contributed by atoms with Gasteiger partial charge in [-0.05, 0) is 51.0 Å². The number of carboxylic acids is 1. The summed E-state index contributed by atoms with van der Waals surface area (Å²) in [6.45, 7) is 1.96. The average Bonchev–Trinajstić information content (AvgIpc) is 2.89. The largest absolute Gasteiger partial charge is 0.481 e. The number of hydrogen-bond donors (Lipinski definition) is 1. The predicted octanol–water partition coefficient (Wildman–Crippen LogP) is 3.29. The summed E-state index contributed by atoms with van der Waals surface area (Å²) in [5.41, 5.74) is -0.417. The molecule has 3 rings (SSSR count). The monoisotopic (exact) mass is 265 g/mol. The van der Waals surface area contributed by atoms with Gasteiger partial charge in [0.05, 0.1) is 5.41 Å². The molecule has 0 aromatic heterocycles. The summed E-state index contributed by atoms with van der Waals surface area (Å²) in [6.07, 6.45) is 12.1. The lowest BCUT2D eigenvalue weighted by Crippen LogP contribution is -2.52. The summed E-state index contributed by atoms with van der Waals surface area (Å²) in [6, 6.07) is 0.694. The Hall–Kier alpha value is -0.570. The van der Waals surface area contributed by atoms with Gasteiger partial charge >= 0.3 is 5.97 Å². The van der Waals surface area contributed by atoms with Crippen LogP contribution in [0.3, 0.4) is 0 Å². The van der Waals surface area contributed by atoms with Crippen LogP contribution in [0.2, 0.25) is 0 Å². The molecule has 3 nitrogen and oxygen atoms in total. The molecule has 2 saturated carbocycles. The molecule has 1 aliphatic heterocycles. The standard InChI is InChI=1S/C16H27NO2/c18-15(19)16(9-3-4-10-16)12-17-11-5-7-13-6-1-2-8-14(13)17/h13-14H,1-12H2,(H,18,19). The van der Waals surface area contributed by atoms with Gasteiger partial charge in [0, 0.05) is 12.6 Å². The smallest absolute Gasteiger partial charge is 0.310 e. The average molecular weight is 265 g/mol. The highest BCUT2D eigenvalue weighted by molar-refractivity contribution is 5.75. The van der Waals surface area contributed by atoms with E-state index in [4.69, 9.17) is 0 Å². The molecule has 0 amide bonds. The molecule has 0 aromatic carbocycles. The molecule has 1 saturated heterocycles. The van der Waals surface area contributed by atoms with Crippen molar-refractivity contribution < 1.29 is 9.90 Å². The second kappa shape index (κ2) is 5.43. The Bertz CT molecular complexity index is 334. The maximum absolute atomic E-state index is 11.7. The van der Waals surface area contributed by atoms with Crippen LogP contribution in [0.15, 0.2) is 0 Å². The van der Waals surface area contributed by atoms with Crippen molar-refractivity contribution in [1.82, 2.24) is 4.90 Å². The number of carbonyl (C=O) groups is 1. The topological polar surface area (TPSA) is 40.5 Å². The third-order valence-electron chi connectivity index (χ3n) is 5.88. The quantitative estimate of drug-likeness (QED) is 0.851.